The standard InChI is InChI=1S/C19H30N4O2/c1-21(2)16-3-5-17(6-4-16)22-11-9-15(10-12-22)20-19(25)23(13-14-24)18-7-8-18/h3-6,15,18,24H,7-14H2,1-2H3,(H,20,25). The number of nitrogens with zero attached hydrogens (tertiary/aromatic N) is 3. The normalized spacial score (nSPS) is 18.1. The van der Waals surface area contributed by atoms with E-state index in [1.165, 1.54) is 11.4 Å². The highest BCUT2D eigenvalue weighted by Crippen LogP contribution is 2.27. The first kappa shape index (κ1) is 17.9. The third kappa shape index (κ3) is 4.57. The molecule has 1 aliphatic heterocycles. The van der Waals surface area contributed by atoms with Gasteiger partial charge < -0.3 is 25.1 Å². The van der Waals surface area contributed by atoms with Gasteiger partial charge in [-0.3, -0.25) is 0 Å². The smallest absolute Gasteiger partial charge is 0.317 e. The zero-order valence-electron chi connectivity index (χ0n) is 15.3. The average molecular weight is 346 g/mol. The van der Waals surface area contributed by atoms with Gasteiger partial charge in [0.1, 0.15) is 0 Å². The average Bonchev–Trinajstić information content (AvgIpc) is 3.45. The summed E-state index contributed by atoms with van der Waals surface area (Å²) in [5.74, 6) is 0. The highest BCUT2D eigenvalue weighted by atomic mass is 16.3. The second-order valence-corrected chi connectivity index (χ2v) is 7.27. The molecule has 1 aromatic rings. The summed E-state index contributed by atoms with van der Waals surface area (Å²) < 4.78 is 0. The number of anilines is 2. The molecule has 2 N–H and O–H groups in total. The summed E-state index contributed by atoms with van der Waals surface area (Å²) in [7, 11) is 4.09. The van der Waals surface area contributed by atoms with Gasteiger partial charge in [0.25, 0.3) is 0 Å². The Morgan fingerprint density at radius 3 is 2.32 bits per heavy atom. The first-order valence-electron chi connectivity index (χ1n) is 9.29. The Morgan fingerprint density at radius 1 is 1.16 bits per heavy atom. The summed E-state index contributed by atoms with van der Waals surface area (Å²) in [5.41, 5.74) is 2.45. The van der Waals surface area contributed by atoms with E-state index >= 15 is 0 Å². The summed E-state index contributed by atoms with van der Waals surface area (Å²) in [4.78, 5) is 18.7. The minimum atomic E-state index is -0.00895. The monoisotopic (exact) mass is 346 g/mol. The Kier molecular flexibility index (Phi) is 5.68. The molecule has 0 aromatic heterocycles. The fraction of sp³-hybridized carbons (Fsp3) is 0.632. The lowest BCUT2D eigenvalue weighted by Crippen LogP contribution is -2.50. The lowest BCUT2D eigenvalue weighted by atomic mass is 10.0. The van der Waals surface area contributed by atoms with Crippen LogP contribution in [0, 0.1) is 0 Å². The molecule has 138 valence electrons. The van der Waals surface area contributed by atoms with Crippen LogP contribution in [0.4, 0.5) is 16.2 Å². The van der Waals surface area contributed by atoms with Gasteiger partial charge in [-0.2, -0.15) is 0 Å². The Morgan fingerprint density at radius 2 is 1.80 bits per heavy atom. The van der Waals surface area contributed by atoms with Crippen molar-refractivity contribution < 1.29 is 9.90 Å². The van der Waals surface area contributed by atoms with E-state index in [2.05, 4.69) is 39.4 Å². The summed E-state index contributed by atoms with van der Waals surface area (Å²) in [5, 5.41) is 12.3. The Balaban J connectivity index is 1.48. The number of benzene rings is 1. The zero-order chi connectivity index (χ0) is 17.8. The third-order valence-electron chi connectivity index (χ3n) is 5.14. The summed E-state index contributed by atoms with van der Waals surface area (Å²) in [6, 6.07) is 9.18. The number of nitrogens with one attached hydrogen (secondary N) is 1. The number of hydrogen-bond acceptors (Lipinski definition) is 4. The first-order chi connectivity index (χ1) is 12.1. The maximum Gasteiger partial charge on any atom is 0.317 e. The predicted octanol–water partition coefficient (Wildman–Crippen LogP) is 1.89. The molecule has 6 heteroatoms. The Bertz CT molecular complexity index is 563. The molecule has 1 saturated heterocycles. The molecular formula is C19H30N4O2. The number of carbonyl (C=O) groups excluding carboxylic acids is 1. The fourth-order valence-corrected chi connectivity index (χ4v) is 3.45. The number of amides is 2. The van der Waals surface area contributed by atoms with Crippen molar-refractivity contribution in [2.75, 3.05) is 50.1 Å². The van der Waals surface area contributed by atoms with Gasteiger partial charge in [-0.15, -0.1) is 0 Å². The highest BCUT2D eigenvalue weighted by Gasteiger charge is 2.33. The molecule has 0 bridgehead atoms. The number of urea groups is 1. The molecule has 2 amide bonds. The predicted molar refractivity (Wildman–Crippen MR) is 101 cm³/mol. The van der Waals surface area contributed by atoms with Crippen LogP contribution in [0.15, 0.2) is 24.3 Å². The number of rotatable bonds is 6. The Labute approximate surface area is 150 Å². The van der Waals surface area contributed by atoms with Crippen LogP contribution < -0.4 is 15.1 Å². The van der Waals surface area contributed by atoms with E-state index in [0.29, 0.717) is 12.6 Å². The van der Waals surface area contributed by atoms with Gasteiger partial charge in [0, 0.05) is 57.2 Å². The molecule has 1 aliphatic carbocycles. The largest absolute Gasteiger partial charge is 0.395 e. The molecule has 1 heterocycles. The van der Waals surface area contributed by atoms with Crippen LogP contribution in [0.3, 0.4) is 0 Å². The minimum Gasteiger partial charge on any atom is -0.395 e. The molecule has 0 spiro atoms. The second-order valence-electron chi connectivity index (χ2n) is 7.27. The second kappa shape index (κ2) is 7.95. The third-order valence-corrected chi connectivity index (χ3v) is 5.14. The van der Waals surface area contributed by atoms with Gasteiger partial charge >= 0.3 is 6.03 Å². The number of carbonyl (C=O) groups is 1. The van der Waals surface area contributed by atoms with Crippen molar-refractivity contribution >= 4 is 17.4 Å². The molecule has 2 aliphatic rings. The summed E-state index contributed by atoms with van der Waals surface area (Å²) in [6.07, 6.45) is 4.04. The van der Waals surface area contributed by atoms with E-state index in [-0.39, 0.29) is 18.7 Å². The maximum absolute atomic E-state index is 12.4. The highest BCUT2D eigenvalue weighted by molar-refractivity contribution is 5.75. The van der Waals surface area contributed by atoms with Crippen molar-refractivity contribution in [1.82, 2.24) is 10.2 Å². The van der Waals surface area contributed by atoms with Crippen molar-refractivity contribution in [2.45, 2.75) is 37.8 Å². The fourth-order valence-electron chi connectivity index (χ4n) is 3.45. The van der Waals surface area contributed by atoms with E-state index in [4.69, 9.17) is 5.11 Å². The van der Waals surface area contributed by atoms with Gasteiger partial charge in [0.2, 0.25) is 0 Å². The SMILES string of the molecule is CN(C)c1ccc(N2CCC(NC(=O)N(CCO)C3CC3)CC2)cc1. The van der Waals surface area contributed by atoms with Crippen LogP contribution >= 0.6 is 0 Å². The van der Waals surface area contributed by atoms with E-state index in [1.54, 1.807) is 4.90 Å². The topological polar surface area (TPSA) is 59.0 Å². The van der Waals surface area contributed by atoms with Gasteiger partial charge in [0.15, 0.2) is 0 Å². The summed E-state index contributed by atoms with van der Waals surface area (Å²) >= 11 is 0. The molecule has 0 unspecified atom stereocenters. The molecule has 6 nitrogen and oxygen atoms in total. The van der Waals surface area contributed by atoms with Crippen LogP contribution in [0.2, 0.25) is 0 Å². The van der Waals surface area contributed by atoms with Gasteiger partial charge in [-0.05, 0) is 49.9 Å². The minimum absolute atomic E-state index is 0.00895. The van der Waals surface area contributed by atoms with E-state index in [0.717, 1.165) is 38.8 Å². The molecule has 0 atom stereocenters. The Hall–Kier alpha value is -1.95. The first-order valence-corrected chi connectivity index (χ1v) is 9.29. The number of piperidine rings is 1. The van der Waals surface area contributed by atoms with Crippen molar-refractivity contribution in [3.05, 3.63) is 24.3 Å². The molecule has 1 saturated carbocycles. The van der Waals surface area contributed by atoms with Crippen molar-refractivity contribution in [1.29, 1.82) is 0 Å². The molecule has 1 aromatic carbocycles. The summed E-state index contributed by atoms with van der Waals surface area (Å²) in [6.45, 7) is 2.38. The number of aliphatic hydroxyl groups is 1. The molecule has 0 radical (unpaired) electrons. The van der Waals surface area contributed by atoms with Crippen LogP contribution in [0.1, 0.15) is 25.7 Å². The molecule has 2 fully saturated rings. The number of hydrogen-bond donors (Lipinski definition) is 2. The van der Waals surface area contributed by atoms with E-state index in [1.807, 2.05) is 14.1 Å². The van der Waals surface area contributed by atoms with Crippen molar-refractivity contribution in [2.24, 2.45) is 0 Å². The molecule has 3 rings (SSSR count). The molecular weight excluding hydrogens is 316 g/mol. The van der Waals surface area contributed by atoms with E-state index < -0.39 is 0 Å². The van der Waals surface area contributed by atoms with Crippen LogP contribution in [0.5, 0.6) is 0 Å². The van der Waals surface area contributed by atoms with Gasteiger partial charge in [-0.25, -0.2) is 4.79 Å². The van der Waals surface area contributed by atoms with Crippen LogP contribution in [-0.2, 0) is 0 Å². The number of aliphatic hydroxyl groups excluding tert-OH is 1. The quantitative estimate of drug-likeness (QED) is 0.826. The van der Waals surface area contributed by atoms with Gasteiger partial charge in [-0.1, -0.05) is 0 Å². The van der Waals surface area contributed by atoms with E-state index in [9.17, 15) is 4.79 Å². The maximum atomic E-state index is 12.4. The van der Waals surface area contributed by atoms with Crippen LogP contribution in [-0.4, -0.2) is 68.5 Å². The van der Waals surface area contributed by atoms with Crippen molar-refractivity contribution in [3.8, 4) is 0 Å². The van der Waals surface area contributed by atoms with Crippen LogP contribution in [0.25, 0.3) is 0 Å². The lowest BCUT2D eigenvalue weighted by Gasteiger charge is -2.35. The molecule has 25 heavy (non-hydrogen) atoms. The van der Waals surface area contributed by atoms with Crippen molar-refractivity contribution in [3.63, 3.8) is 0 Å². The zero-order valence-corrected chi connectivity index (χ0v) is 15.3. The lowest BCUT2D eigenvalue weighted by molar-refractivity contribution is 0.169. The van der Waals surface area contributed by atoms with Gasteiger partial charge in [0.05, 0.1) is 6.61 Å².